The lowest BCUT2D eigenvalue weighted by atomic mass is 10.3. The second-order valence-corrected chi connectivity index (χ2v) is 7.70. The molecule has 1 heterocycles. The van der Waals surface area contributed by atoms with Crippen LogP contribution in [0.25, 0.3) is 10.2 Å². The Balaban J connectivity index is 1.58. The van der Waals surface area contributed by atoms with E-state index < -0.39 is 0 Å². The molecule has 3 rings (SSSR count). The number of hydrogen-bond acceptors (Lipinski definition) is 4. The zero-order valence-corrected chi connectivity index (χ0v) is 13.1. The summed E-state index contributed by atoms with van der Waals surface area (Å²) in [5, 5.41) is 4.73. The number of thioether (sulfide) groups is 1. The molecule has 1 aromatic carbocycles. The Kier molecular flexibility index (Phi) is 4.27. The second kappa shape index (κ2) is 6.14. The molecule has 0 unspecified atom stereocenters. The van der Waals surface area contributed by atoms with Crippen LogP contribution in [0, 0.1) is 6.92 Å². The van der Waals surface area contributed by atoms with E-state index in [1.54, 1.807) is 23.1 Å². The van der Waals surface area contributed by atoms with Gasteiger partial charge in [0.1, 0.15) is 0 Å². The van der Waals surface area contributed by atoms with E-state index >= 15 is 0 Å². The lowest BCUT2D eigenvalue weighted by Crippen LogP contribution is -2.15. The van der Waals surface area contributed by atoms with Gasteiger partial charge in [-0.3, -0.25) is 4.79 Å². The number of carbonyl (C=O) groups excluding carboxylic acids is 1. The molecular formula is C15H18N2OS2. The van der Waals surface area contributed by atoms with Crippen LogP contribution in [0.3, 0.4) is 0 Å². The molecule has 1 fully saturated rings. The lowest BCUT2D eigenvalue weighted by Gasteiger charge is -2.09. The number of amides is 1. The molecule has 1 amide bonds. The van der Waals surface area contributed by atoms with Crippen LogP contribution in [0.4, 0.5) is 5.69 Å². The van der Waals surface area contributed by atoms with Crippen LogP contribution in [0.1, 0.15) is 30.7 Å². The zero-order valence-electron chi connectivity index (χ0n) is 11.5. The van der Waals surface area contributed by atoms with Crippen molar-refractivity contribution in [3.05, 3.63) is 23.2 Å². The number of nitrogens with one attached hydrogen (secondary N) is 1. The Morgan fingerprint density at radius 2 is 2.25 bits per heavy atom. The van der Waals surface area contributed by atoms with Gasteiger partial charge in [-0.15, -0.1) is 23.1 Å². The highest BCUT2D eigenvalue weighted by Gasteiger charge is 2.16. The molecule has 3 nitrogen and oxygen atoms in total. The predicted molar refractivity (Wildman–Crippen MR) is 87.7 cm³/mol. The first kappa shape index (κ1) is 13.9. The number of rotatable bonds is 4. The summed E-state index contributed by atoms with van der Waals surface area (Å²) in [5.41, 5.74) is 1.88. The number of hydrogen-bond donors (Lipinski definition) is 1. The monoisotopic (exact) mass is 306 g/mol. The minimum atomic E-state index is 0.0995. The van der Waals surface area contributed by atoms with Crippen molar-refractivity contribution in [2.75, 3.05) is 11.1 Å². The van der Waals surface area contributed by atoms with Crippen molar-refractivity contribution in [2.45, 2.75) is 37.9 Å². The van der Waals surface area contributed by atoms with Crippen LogP contribution < -0.4 is 5.32 Å². The highest BCUT2D eigenvalue weighted by atomic mass is 32.2. The Bertz CT molecular complexity index is 617. The van der Waals surface area contributed by atoms with Gasteiger partial charge in [-0.05, 0) is 38.0 Å². The van der Waals surface area contributed by atoms with E-state index in [1.165, 1.54) is 25.7 Å². The summed E-state index contributed by atoms with van der Waals surface area (Å²) in [4.78, 5) is 16.4. The average Bonchev–Trinajstić information content (AvgIpc) is 3.04. The molecule has 1 saturated carbocycles. The van der Waals surface area contributed by atoms with Crippen molar-refractivity contribution in [3.63, 3.8) is 0 Å². The van der Waals surface area contributed by atoms with Crippen LogP contribution in [-0.4, -0.2) is 21.9 Å². The number of nitrogens with zero attached hydrogens (tertiary/aromatic N) is 1. The third kappa shape index (κ3) is 3.33. The van der Waals surface area contributed by atoms with Crippen molar-refractivity contribution in [3.8, 4) is 0 Å². The minimum absolute atomic E-state index is 0.0995. The van der Waals surface area contributed by atoms with Gasteiger partial charge in [-0.2, -0.15) is 0 Å². The summed E-state index contributed by atoms with van der Waals surface area (Å²) < 4.78 is 1.13. The molecule has 0 bridgehead atoms. The zero-order chi connectivity index (χ0) is 13.9. The molecule has 5 heteroatoms. The van der Waals surface area contributed by atoms with E-state index in [1.807, 2.05) is 25.1 Å². The third-order valence-corrected chi connectivity index (χ3v) is 5.84. The SMILES string of the molecule is Cc1nc2ccc(NC(=O)CSC3CCCC3)cc2s1. The smallest absolute Gasteiger partial charge is 0.234 e. The largest absolute Gasteiger partial charge is 0.325 e. The fraction of sp³-hybridized carbons (Fsp3) is 0.467. The predicted octanol–water partition coefficient (Wildman–Crippen LogP) is 4.22. The molecule has 106 valence electrons. The first-order chi connectivity index (χ1) is 9.70. The Morgan fingerprint density at radius 3 is 3.05 bits per heavy atom. The highest BCUT2D eigenvalue weighted by Crippen LogP contribution is 2.29. The number of anilines is 1. The van der Waals surface area contributed by atoms with Crippen molar-refractivity contribution in [1.82, 2.24) is 4.98 Å². The minimum Gasteiger partial charge on any atom is -0.325 e. The van der Waals surface area contributed by atoms with Gasteiger partial charge in [0, 0.05) is 10.9 Å². The first-order valence-corrected chi connectivity index (χ1v) is 8.86. The molecule has 0 saturated heterocycles. The molecule has 2 aromatic rings. The summed E-state index contributed by atoms with van der Waals surface area (Å²) in [6.45, 7) is 2.00. The summed E-state index contributed by atoms with van der Waals surface area (Å²) in [6.07, 6.45) is 5.18. The number of thiazole rings is 1. The van der Waals surface area contributed by atoms with E-state index in [0.717, 1.165) is 20.9 Å². The van der Waals surface area contributed by atoms with Crippen molar-refractivity contribution in [2.24, 2.45) is 0 Å². The number of benzene rings is 1. The highest BCUT2D eigenvalue weighted by molar-refractivity contribution is 8.00. The van der Waals surface area contributed by atoms with Crippen molar-refractivity contribution < 1.29 is 4.79 Å². The fourth-order valence-corrected chi connectivity index (χ4v) is 4.56. The first-order valence-electron chi connectivity index (χ1n) is 6.99. The summed E-state index contributed by atoms with van der Waals surface area (Å²) in [6, 6.07) is 5.91. The molecule has 20 heavy (non-hydrogen) atoms. The van der Waals surface area contributed by atoms with Gasteiger partial charge in [0.25, 0.3) is 0 Å². The molecule has 0 spiro atoms. The van der Waals surface area contributed by atoms with Crippen LogP contribution in [0.15, 0.2) is 18.2 Å². The standard InChI is InChI=1S/C15H18N2OS2/c1-10-16-13-7-6-11(8-14(13)20-10)17-15(18)9-19-12-4-2-3-5-12/h6-8,12H,2-5,9H2,1H3,(H,17,18). The lowest BCUT2D eigenvalue weighted by molar-refractivity contribution is -0.113. The third-order valence-electron chi connectivity index (χ3n) is 3.53. The molecule has 1 aromatic heterocycles. The number of fused-ring (bicyclic) bond motifs is 1. The topological polar surface area (TPSA) is 42.0 Å². The van der Waals surface area contributed by atoms with Gasteiger partial charge in [0.15, 0.2) is 0 Å². The number of carbonyl (C=O) groups is 1. The van der Waals surface area contributed by atoms with E-state index in [9.17, 15) is 4.79 Å². The molecular weight excluding hydrogens is 288 g/mol. The molecule has 1 aliphatic carbocycles. The normalized spacial score (nSPS) is 15.8. The van der Waals surface area contributed by atoms with E-state index in [-0.39, 0.29) is 5.91 Å². The Morgan fingerprint density at radius 1 is 1.45 bits per heavy atom. The summed E-state index contributed by atoms with van der Waals surface area (Å²) in [5.74, 6) is 0.659. The summed E-state index contributed by atoms with van der Waals surface area (Å²) in [7, 11) is 0. The van der Waals surface area contributed by atoms with E-state index in [2.05, 4.69) is 10.3 Å². The van der Waals surface area contributed by atoms with Gasteiger partial charge in [0.05, 0.1) is 21.0 Å². The van der Waals surface area contributed by atoms with Crippen molar-refractivity contribution >= 4 is 44.9 Å². The van der Waals surface area contributed by atoms with Crippen LogP contribution in [0.5, 0.6) is 0 Å². The van der Waals surface area contributed by atoms with Gasteiger partial charge >= 0.3 is 0 Å². The second-order valence-electron chi connectivity index (χ2n) is 5.18. The molecule has 0 aliphatic heterocycles. The van der Waals surface area contributed by atoms with Gasteiger partial charge < -0.3 is 5.32 Å². The fourth-order valence-electron chi connectivity index (χ4n) is 2.56. The van der Waals surface area contributed by atoms with Gasteiger partial charge in [0.2, 0.25) is 5.91 Å². The van der Waals surface area contributed by atoms with Crippen LogP contribution >= 0.6 is 23.1 Å². The van der Waals surface area contributed by atoms with Crippen LogP contribution in [-0.2, 0) is 4.79 Å². The molecule has 0 radical (unpaired) electrons. The Labute approximate surface area is 127 Å². The van der Waals surface area contributed by atoms with Gasteiger partial charge in [-0.25, -0.2) is 4.98 Å². The molecule has 0 atom stereocenters. The van der Waals surface area contributed by atoms with E-state index in [0.29, 0.717) is 11.0 Å². The van der Waals surface area contributed by atoms with E-state index in [4.69, 9.17) is 0 Å². The Hall–Kier alpha value is -1.07. The maximum Gasteiger partial charge on any atom is 0.234 e. The number of aryl methyl sites for hydroxylation is 1. The molecule has 1 N–H and O–H groups in total. The number of aromatic nitrogens is 1. The quantitative estimate of drug-likeness (QED) is 0.919. The maximum absolute atomic E-state index is 12.0. The molecule has 1 aliphatic rings. The average molecular weight is 306 g/mol. The van der Waals surface area contributed by atoms with Gasteiger partial charge in [-0.1, -0.05) is 12.8 Å². The van der Waals surface area contributed by atoms with Crippen molar-refractivity contribution in [1.29, 1.82) is 0 Å². The summed E-state index contributed by atoms with van der Waals surface area (Å²) >= 11 is 3.46. The maximum atomic E-state index is 12.0. The van der Waals surface area contributed by atoms with Crippen LogP contribution in [0.2, 0.25) is 0 Å².